The van der Waals surface area contributed by atoms with Gasteiger partial charge in [-0.15, -0.1) is 0 Å². The van der Waals surface area contributed by atoms with Crippen LogP contribution in [0.2, 0.25) is 0 Å². The van der Waals surface area contributed by atoms with E-state index in [-0.39, 0.29) is 35.5 Å². The van der Waals surface area contributed by atoms with Crippen LogP contribution in [0.25, 0.3) is 0 Å². The van der Waals surface area contributed by atoms with Crippen LogP contribution in [-0.4, -0.2) is 38.8 Å². The fraction of sp³-hybridized carbons (Fsp3) is 0.350. The first-order chi connectivity index (χ1) is 13.3. The first kappa shape index (κ1) is 20.3. The predicted molar refractivity (Wildman–Crippen MR) is 104 cm³/mol. The lowest BCUT2D eigenvalue weighted by Crippen LogP contribution is -2.41. The highest BCUT2D eigenvalue weighted by Gasteiger charge is 2.32. The summed E-state index contributed by atoms with van der Waals surface area (Å²) in [5, 5.41) is 2.61. The third-order valence-corrected chi connectivity index (χ3v) is 6.82. The van der Waals surface area contributed by atoms with Gasteiger partial charge < -0.3 is 10.1 Å². The van der Waals surface area contributed by atoms with Crippen LogP contribution in [0.1, 0.15) is 18.4 Å². The molecule has 1 N–H and O–H groups in total. The van der Waals surface area contributed by atoms with E-state index in [0.29, 0.717) is 18.6 Å². The van der Waals surface area contributed by atoms with E-state index in [0.717, 1.165) is 5.56 Å². The van der Waals surface area contributed by atoms with Crippen molar-refractivity contribution in [3.05, 3.63) is 53.8 Å². The minimum absolute atomic E-state index is 0.142. The molecule has 150 valence electrons. The zero-order valence-corrected chi connectivity index (χ0v) is 16.6. The van der Waals surface area contributed by atoms with Crippen molar-refractivity contribution in [1.82, 2.24) is 4.31 Å². The number of amides is 1. The summed E-state index contributed by atoms with van der Waals surface area (Å²) in [4.78, 5) is 12.6. The number of hydrogen-bond acceptors (Lipinski definition) is 4. The van der Waals surface area contributed by atoms with Crippen molar-refractivity contribution in [2.45, 2.75) is 24.7 Å². The molecule has 8 heteroatoms. The Balaban J connectivity index is 1.62. The number of anilines is 1. The van der Waals surface area contributed by atoms with Crippen LogP contribution in [0, 0.1) is 18.7 Å². The topological polar surface area (TPSA) is 75.7 Å². The van der Waals surface area contributed by atoms with Gasteiger partial charge in [-0.05, 0) is 61.7 Å². The number of benzene rings is 2. The van der Waals surface area contributed by atoms with Crippen LogP contribution >= 0.6 is 0 Å². The smallest absolute Gasteiger partial charge is 0.243 e. The number of nitrogens with one attached hydrogen (secondary N) is 1. The van der Waals surface area contributed by atoms with Gasteiger partial charge >= 0.3 is 0 Å². The normalized spacial score (nSPS) is 16.0. The Morgan fingerprint density at radius 2 is 1.79 bits per heavy atom. The number of halogens is 1. The van der Waals surface area contributed by atoms with Gasteiger partial charge in [0.1, 0.15) is 11.6 Å². The first-order valence-corrected chi connectivity index (χ1v) is 10.5. The molecule has 28 heavy (non-hydrogen) atoms. The van der Waals surface area contributed by atoms with Crippen molar-refractivity contribution in [2.75, 3.05) is 25.5 Å². The number of piperidine rings is 1. The number of aryl methyl sites for hydroxylation is 1. The van der Waals surface area contributed by atoms with Crippen LogP contribution in [0.3, 0.4) is 0 Å². The Bertz CT molecular complexity index is 953. The summed E-state index contributed by atoms with van der Waals surface area (Å²) in [6.07, 6.45) is 0.767. The molecular weight excluding hydrogens is 383 g/mol. The fourth-order valence-corrected chi connectivity index (χ4v) is 4.68. The Kier molecular flexibility index (Phi) is 6.00. The molecule has 0 unspecified atom stereocenters. The number of carbonyl (C=O) groups excluding carboxylic acids is 1. The molecule has 0 atom stereocenters. The molecule has 2 aromatic rings. The number of rotatable bonds is 5. The van der Waals surface area contributed by atoms with E-state index in [2.05, 4.69) is 5.32 Å². The molecule has 2 aromatic carbocycles. The summed E-state index contributed by atoms with van der Waals surface area (Å²) < 4.78 is 45.9. The molecule has 3 rings (SSSR count). The van der Waals surface area contributed by atoms with Gasteiger partial charge in [0.2, 0.25) is 15.9 Å². The Labute approximate surface area is 164 Å². The summed E-state index contributed by atoms with van der Waals surface area (Å²) in [5.74, 6) is -0.544. The molecule has 0 bridgehead atoms. The third kappa shape index (κ3) is 4.34. The van der Waals surface area contributed by atoms with E-state index in [1.54, 1.807) is 25.1 Å². The molecule has 0 aromatic heterocycles. The predicted octanol–water partition coefficient (Wildman–Crippen LogP) is 3.18. The van der Waals surface area contributed by atoms with Gasteiger partial charge in [-0.3, -0.25) is 4.79 Å². The van der Waals surface area contributed by atoms with Gasteiger partial charge in [0.25, 0.3) is 0 Å². The average molecular weight is 406 g/mol. The number of sulfonamides is 1. The van der Waals surface area contributed by atoms with Crippen molar-refractivity contribution in [3.8, 4) is 5.75 Å². The molecule has 1 aliphatic heterocycles. The quantitative estimate of drug-likeness (QED) is 0.828. The SMILES string of the molecule is COc1ccc(S(=O)(=O)N2CCC(C(=O)Nc3ccc(C)cc3F)CC2)cc1. The van der Waals surface area contributed by atoms with Crippen molar-refractivity contribution < 1.29 is 22.3 Å². The van der Waals surface area contributed by atoms with Crippen molar-refractivity contribution in [2.24, 2.45) is 5.92 Å². The van der Waals surface area contributed by atoms with E-state index in [4.69, 9.17) is 4.74 Å². The summed E-state index contributed by atoms with van der Waals surface area (Å²) in [6, 6.07) is 10.8. The Morgan fingerprint density at radius 1 is 1.14 bits per heavy atom. The Morgan fingerprint density at radius 3 is 2.36 bits per heavy atom. The highest BCUT2D eigenvalue weighted by molar-refractivity contribution is 7.89. The van der Waals surface area contributed by atoms with Crippen molar-refractivity contribution in [3.63, 3.8) is 0 Å². The molecule has 1 heterocycles. The molecule has 0 spiro atoms. The average Bonchev–Trinajstić information content (AvgIpc) is 2.70. The van der Waals surface area contributed by atoms with Gasteiger partial charge in [-0.25, -0.2) is 12.8 Å². The molecule has 1 aliphatic rings. The van der Waals surface area contributed by atoms with Crippen LogP contribution < -0.4 is 10.1 Å². The highest BCUT2D eigenvalue weighted by atomic mass is 32.2. The zero-order valence-electron chi connectivity index (χ0n) is 15.8. The van der Waals surface area contributed by atoms with Gasteiger partial charge in [-0.1, -0.05) is 6.07 Å². The number of nitrogens with zero attached hydrogens (tertiary/aromatic N) is 1. The Hall–Kier alpha value is -2.45. The number of hydrogen-bond donors (Lipinski definition) is 1. The summed E-state index contributed by atoms with van der Waals surface area (Å²) >= 11 is 0. The van der Waals surface area contributed by atoms with Crippen molar-refractivity contribution >= 4 is 21.6 Å². The lowest BCUT2D eigenvalue weighted by Gasteiger charge is -2.30. The summed E-state index contributed by atoms with van der Waals surface area (Å²) in [6.45, 7) is 2.25. The molecule has 0 radical (unpaired) electrons. The minimum Gasteiger partial charge on any atom is -0.497 e. The molecule has 6 nitrogen and oxygen atoms in total. The monoisotopic (exact) mass is 406 g/mol. The zero-order chi connectivity index (χ0) is 20.3. The van der Waals surface area contributed by atoms with Crippen LogP contribution in [-0.2, 0) is 14.8 Å². The second-order valence-corrected chi connectivity index (χ2v) is 8.76. The lowest BCUT2D eigenvalue weighted by molar-refractivity contribution is -0.120. The van der Waals surface area contributed by atoms with Gasteiger partial charge in [-0.2, -0.15) is 4.31 Å². The second-order valence-electron chi connectivity index (χ2n) is 6.83. The second kappa shape index (κ2) is 8.28. The minimum atomic E-state index is -3.62. The lowest BCUT2D eigenvalue weighted by atomic mass is 9.97. The molecular formula is C20H23FN2O4S. The number of methoxy groups -OCH3 is 1. The largest absolute Gasteiger partial charge is 0.497 e. The van der Waals surface area contributed by atoms with E-state index in [1.807, 2.05) is 0 Å². The fourth-order valence-electron chi connectivity index (χ4n) is 3.21. The summed E-state index contributed by atoms with van der Waals surface area (Å²) in [7, 11) is -2.10. The number of ether oxygens (including phenoxy) is 1. The van der Waals surface area contributed by atoms with E-state index in [9.17, 15) is 17.6 Å². The maximum atomic E-state index is 13.9. The van der Waals surface area contributed by atoms with E-state index < -0.39 is 15.8 Å². The third-order valence-electron chi connectivity index (χ3n) is 4.90. The van der Waals surface area contributed by atoms with Gasteiger partial charge in [0, 0.05) is 19.0 Å². The number of carbonyl (C=O) groups is 1. The maximum absolute atomic E-state index is 13.9. The van der Waals surface area contributed by atoms with E-state index >= 15 is 0 Å². The maximum Gasteiger partial charge on any atom is 0.243 e. The van der Waals surface area contributed by atoms with Gasteiger partial charge in [0.15, 0.2) is 0 Å². The van der Waals surface area contributed by atoms with E-state index in [1.165, 1.54) is 35.7 Å². The standard InChI is InChI=1S/C20H23FN2O4S/c1-14-3-8-19(18(21)13-14)22-20(24)15-9-11-23(12-10-15)28(25,26)17-6-4-16(27-2)5-7-17/h3-8,13,15H,9-12H2,1-2H3,(H,22,24). The molecule has 1 amide bonds. The highest BCUT2D eigenvalue weighted by Crippen LogP contribution is 2.26. The van der Waals surface area contributed by atoms with Gasteiger partial charge in [0.05, 0.1) is 17.7 Å². The van der Waals surface area contributed by atoms with Crippen LogP contribution in [0.4, 0.5) is 10.1 Å². The first-order valence-electron chi connectivity index (χ1n) is 9.02. The van der Waals surface area contributed by atoms with Crippen LogP contribution in [0.15, 0.2) is 47.4 Å². The molecule has 1 saturated heterocycles. The molecule has 1 fully saturated rings. The molecule has 0 saturated carbocycles. The van der Waals surface area contributed by atoms with Crippen molar-refractivity contribution in [1.29, 1.82) is 0 Å². The molecule has 0 aliphatic carbocycles. The van der Waals surface area contributed by atoms with Crippen LogP contribution in [0.5, 0.6) is 5.75 Å². The summed E-state index contributed by atoms with van der Waals surface area (Å²) in [5.41, 5.74) is 0.913.